The summed E-state index contributed by atoms with van der Waals surface area (Å²) >= 11 is 0. The fourth-order valence-corrected chi connectivity index (χ4v) is 1.01. The van der Waals surface area contributed by atoms with Crippen LogP contribution in [0, 0.1) is 0 Å². The minimum atomic E-state index is 0.862. The number of rotatable bonds is 3. The van der Waals surface area contributed by atoms with Crippen LogP contribution in [-0.4, -0.2) is 13.7 Å². The molecule has 2 heteroatoms. The molecule has 0 saturated carbocycles. The number of anilines is 1. The van der Waals surface area contributed by atoms with Crippen LogP contribution >= 0.6 is 0 Å². The number of hydrogen-bond donors (Lipinski definition) is 0. The van der Waals surface area contributed by atoms with Crippen molar-refractivity contribution in [2.24, 2.45) is 0 Å². The SMILES string of the molecule is CCN(OC)c1ccccc1. The zero-order chi connectivity index (χ0) is 8.10. The second-order valence-corrected chi connectivity index (χ2v) is 2.21. The summed E-state index contributed by atoms with van der Waals surface area (Å²) in [6, 6.07) is 10.0. The Morgan fingerprint density at radius 1 is 1.27 bits per heavy atom. The molecule has 0 N–H and O–H groups in total. The van der Waals surface area contributed by atoms with E-state index < -0.39 is 0 Å². The molecule has 0 amide bonds. The Hall–Kier alpha value is -1.02. The van der Waals surface area contributed by atoms with Crippen LogP contribution in [0.2, 0.25) is 0 Å². The van der Waals surface area contributed by atoms with Crippen LogP contribution in [0.25, 0.3) is 0 Å². The monoisotopic (exact) mass is 151 g/mol. The summed E-state index contributed by atoms with van der Waals surface area (Å²) in [5.74, 6) is 0. The lowest BCUT2D eigenvalue weighted by atomic mass is 10.3. The molecule has 0 bridgehead atoms. The highest BCUT2D eigenvalue weighted by molar-refractivity contribution is 5.42. The normalized spacial score (nSPS) is 9.64. The van der Waals surface area contributed by atoms with Crippen molar-refractivity contribution in [3.8, 4) is 0 Å². The maximum absolute atomic E-state index is 5.12. The highest BCUT2D eigenvalue weighted by Crippen LogP contribution is 2.11. The molecule has 0 aromatic heterocycles. The Morgan fingerprint density at radius 2 is 1.91 bits per heavy atom. The lowest BCUT2D eigenvalue weighted by molar-refractivity contribution is 0.171. The van der Waals surface area contributed by atoms with Crippen LogP contribution in [0.1, 0.15) is 6.92 Å². The van der Waals surface area contributed by atoms with Crippen LogP contribution in [-0.2, 0) is 4.84 Å². The third-order valence-electron chi connectivity index (χ3n) is 1.55. The van der Waals surface area contributed by atoms with Gasteiger partial charge in [-0.25, -0.2) is 0 Å². The Kier molecular flexibility index (Phi) is 2.93. The van der Waals surface area contributed by atoms with E-state index in [-0.39, 0.29) is 0 Å². The fourth-order valence-electron chi connectivity index (χ4n) is 1.01. The molecule has 1 rings (SSSR count). The van der Waals surface area contributed by atoms with Gasteiger partial charge in [-0.3, -0.25) is 9.90 Å². The molecule has 0 aliphatic heterocycles. The van der Waals surface area contributed by atoms with Crippen molar-refractivity contribution in [2.45, 2.75) is 6.92 Å². The molecule has 0 saturated heterocycles. The summed E-state index contributed by atoms with van der Waals surface area (Å²) in [5.41, 5.74) is 1.09. The minimum Gasteiger partial charge on any atom is -0.277 e. The predicted molar refractivity (Wildman–Crippen MR) is 46.5 cm³/mol. The van der Waals surface area contributed by atoms with Gasteiger partial charge in [0, 0.05) is 6.54 Å². The fraction of sp³-hybridized carbons (Fsp3) is 0.333. The summed E-state index contributed by atoms with van der Waals surface area (Å²) in [6.45, 7) is 2.91. The van der Waals surface area contributed by atoms with E-state index in [0.29, 0.717) is 0 Å². The summed E-state index contributed by atoms with van der Waals surface area (Å²) in [7, 11) is 1.68. The topological polar surface area (TPSA) is 12.5 Å². The van der Waals surface area contributed by atoms with Gasteiger partial charge in [-0.1, -0.05) is 18.2 Å². The van der Waals surface area contributed by atoms with E-state index in [0.717, 1.165) is 12.2 Å². The van der Waals surface area contributed by atoms with E-state index >= 15 is 0 Å². The van der Waals surface area contributed by atoms with Crippen molar-refractivity contribution in [3.63, 3.8) is 0 Å². The Bertz CT molecular complexity index is 194. The third kappa shape index (κ3) is 1.95. The van der Waals surface area contributed by atoms with Crippen molar-refractivity contribution in [1.29, 1.82) is 0 Å². The average Bonchev–Trinajstić information content (AvgIpc) is 2.09. The quantitative estimate of drug-likeness (QED) is 0.613. The summed E-state index contributed by atoms with van der Waals surface area (Å²) < 4.78 is 0. The smallest absolute Gasteiger partial charge is 0.0639 e. The van der Waals surface area contributed by atoms with Crippen molar-refractivity contribution in [2.75, 3.05) is 18.7 Å². The molecule has 0 spiro atoms. The molecule has 0 aliphatic rings. The van der Waals surface area contributed by atoms with Gasteiger partial charge in [0.15, 0.2) is 0 Å². The number of hydroxylamine groups is 1. The molecule has 0 fully saturated rings. The highest BCUT2D eigenvalue weighted by atomic mass is 16.7. The number of para-hydroxylation sites is 1. The summed E-state index contributed by atoms with van der Waals surface area (Å²) in [6.07, 6.45) is 0. The maximum atomic E-state index is 5.12. The van der Waals surface area contributed by atoms with Crippen LogP contribution in [0.4, 0.5) is 5.69 Å². The van der Waals surface area contributed by atoms with Gasteiger partial charge < -0.3 is 0 Å². The number of hydrogen-bond acceptors (Lipinski definition) is 2. The van der Waals surface area contributed by atoms with Gasteiger partial charge >= 0.3 is 0 Å². The Balaban J connectivity index is 2.74. The predicted octanol–water partition coefficient (Wildman–Crippen LogP) is 2.07. The zero-order valence-corrected chi connectivity index (χ0v) is 6.95. The van der Waals surface area contributed by atoms with Crippen LogP contribution in [0.3, 0.4) is 0 Å². The molecule has 0 aliphatic carbocycles. The molecule has 0 heterocycles. The average molecular weight is 151 g/mol. The molecule has 0 radical (unpaired) electrons. The molecule has 11 heavy (non-hydrogen) atoms. The van der Waals surface area contributed by atoms with Gasteiger partial charge in [0.1, 0.15) is 0 Å². The maximum Gasteiger partial charge on any atom is 0.0639 e. The van der Waals surface area contributed by atoms with E-state index in [2.05, 4.69) is 6.92 Å². The number of nitrogens with zero attached hydrogens (tertiary/aromatic N) is 1. The third-order valence-corrected chi connectivity index (χ3v) is 1.55. The molecule has 60 valence electrons. The van der Waals surface area contributed by atoms with Gasteiger partial charge in [-0.15, -0.1) is 0 Å². The highest BCUT2D eigenvalue weighted by Gasteiger charge is 1.98. The van der Waals surface area contributed by atoms with Crippen molar-refractivity contribution in [1.82, 2.24) is 0 Å². The van der Waals surface area contributed by atoms with Gasteiger partial charge in [0.05, 0.1) is 12.8 Å². The van der Waals surface area contributed by atoms with Gasteiger partial charge in [-0.05, 0) is 19.1 Å². The lowest BCUT2D eigenvalue weighted by Crippen LogP contribution is -2.20. The van der Waals surface area contributed by atoms with E-state index in [9.17, 15) is 0 Å². The van der Waals surface area contributed by atoms with Gasteiger partial charge in [0.2, 0.25) is 0 Å². The molecule has 2 nitrogen and oxygen atoms in total. The summed E-state index contributed by atoms with van der Waals surface area (Å²) in [5, 5.41) is 1.83. The van der Waals surface area contributed by atoms with Crippen molar-refractivity contribution < 1.29 is 4.84 Å². The first-order valence-electron chi connectivity index (χ1n) is 3.75. The number of benzene rings is 1. The minimum absolute atomic E-state index is 0.862. The molecule has 0 unspecified atom stereocenters. The Labute approximate surface area is 67.4 Å². The van der Waals surface area contributed by atoms with Crippen LogP contribution < -0.4 is 5.06 Å². The van der Waals surface area contributed by atoms with Crippen molar-refractivity contribution >= 4 is 5.69 Å². The molecule has 0 atom stereocenters. The van der Waals surface area contributed by atoms with Crippen molar-refractivity contribution in [3.05, 3.63) is 30.3 Å². The molecule has 1 aromatic carbocycles. The van der Waals surface area contributed by atoms with Crippen LogP contribution in [0.5, 0.6) is 0 Å². The lowest BCUT2D eigenvalue weighted by Gasteiger charge is -2.19. The first-order valence-corrected chi connectivity index (χ1v) is 3.75. The van der Waals surface area contributed by atoms with E-state index in [1.165, 1.54) is 0 Å². The van der Waals surface area contributed by atoms with Gasteiger partial charge in [-0.2, -0.15) is 0 Å². The molecule has 1 aromatic rings. The zero-order valence-electron chi connectivity index (χ0n) is 6.95. The Morgan fingerprint density at radius 3 is 2.36 bits per heavy atom. The molecular formula is C9H13NO. The largest absolute Gasteiger partial charge is 0.277 e. The summed E-state index contributed by atoms with van der Waals surface area (Å²) in [4.78, 5) is 5.12. The van der Waals surface area contributed by atoms with E-state index in [4.69, 9.17) is 4.84 Å². The van der Waals surface area contributed by atoms with Gasteiger partial charge in [0.25, 0.3) is 0 Å². The first-order chi connectivity index (χ1) is 5.38. The second kappa shape index (κ2) is 3.98. The van der Waals surface area contributed by atoms with E-state index in [1.807, 2.05) is 35.4 Å². The van der Waals surface area contributed by atoms with Crippen LogP contribution in [0.15, 0.2) is 30.3 Å². The first kappa shape index (κ1) is 8.08. The second-order valence-electron chi connectivity index (χ2n) is 2.21. The molecular weight excluding hydrogens is 138 g/mol. The van der Waals surface area contributed by atoms with E-state index in [1.54, 1.807) is 7.11 Å². The standard InChI is InChI=1S/C9H13NO/c1-3-10(11-2)9-7-5-4-6-8-9/h4-8H,3H2,1-2H3.